The summed E-state index contributed by atoms with van der Waals surface area (Å²) < 4.78 is 63.5. The van der Waals surface area contributed by atoms with Gasteiger partial charge in [-0.1, -0.05) is 66.7 Å². The number of nitrogens with two attached hydrogens (primary N) is 4. The van der Waals surface area contributed by atoms with E-state index in [0.29, 0.717) is 37.8 Å². The summed E-state index contributed by atoms with van der Waals surface area (Å²) in [6.07, 6.45) is -4.84. The molecule has 0 bridgehead atoms. The second-order valence-electron chi connectivity index (χ2n) is 14.3. The number of hydrogen-bond donors (Lipinski definition) is 11. The number of aliphatic imine (C=N–C) groups is 2. The molecule has 360 valence electrons. The van der Waals surface area contributed by atoms with Crippen LogP contribution in [0.25, 0.3) is 10.8 Å². The summed E-state index contributed by atoms with van der Waals surface area (Å²) in [4.78, 5) is 80.4. The molecule has 1 aliphatic rings. The number of phenols is 1. The van der Waals surface area contributed by atoms with E-state index in [4.69, 9.17) is 42.7 Å². The van der Waals surface area contributed by atoms with Gasteiger partial charge in [0.05, 0.1) is 12.5 Å². The van der Waals surface area contributed by atoms with Crippen molar-refractivity contribution in [2.24, 2.45) is 38.8 Å². The molecule has 1 heterocycles. The molecule has 0 saturated heterocycles. The van der Waals surface area contributed by atoms with Crippen LogP contribution >= 0.6 is 0 Å². The Kier molecular flexibility index (Phi) is 21.7. The standard InChI is InChI=1S/C37H48N10O5.2C2HF3O2/c38-36(39)42-17-3-7-28-14-13-27(20-24-9-12-25-5-1-2-6-26(25)19-24)33(50)44-22-32(49)46-31(21-23-10-15-29(48)16-11-23)35(52)47-30(34(51)45-28)8-4-18-43-37(40)41;2*3-2(4,5)1(6)7/h1-2,5-6,9-16,19,27-28,30-31,48H,3-4,7-8,17-18,20-22H2,(H,44,50)(H,45,51)(H,46,49)(H,47,52)(H4,38,39,42)(H4,40,41,43);2*(H,6,7)/b14-13+;;/t27-,28+,30+,31-;;/m1../s1. The van der Waals surface area contributed by atoms with Crippen LogP contribution in [-0.2, 0) is 41.6 Å². The number of phenolic OH excluding ortho intramolecular Hbond substituents is 1. The van der Waals surface area contributed by atoms with E-state index in [2.05, 4.69) is 31.3 Å². The van der Waals surface area contributed by atoms with Crippen molar-refractivity contribution in [2.75, 3.05) is 19.6 Å². The fourth-order valence-corrected chi connectivity index (χ4v) is 5.82. The number of aliphatic carboxylic acids is 2. The summed E-state index contributed by atoms with van der Waals surface area (Å²) in [5, 5.41) is 37.3. The normalized spacial score (nSPS) is 18.6. The molecule has 0 fully saturated rings. The number of nitrogens with one attached hydrogen (secondary N) is 4. The van der Waals surface area contributed by atoms with Crippen molar-refractivity contribution >= 4 is 58.3 Å². The van der Waals surface area contributed by atoms with Gasteiger partial charge in [-0.3, -0.25) is 29.2 Å². The van der Waals surface area contributed by atoms with Gasteiger partial charge in [-0.25, -0.2) is 9.59 Å². The predicted octanol–water partition coefficient (Wildman–Crippen LogP) is 1.46. The lowest BCUT2D eigenvalue weighted by molar-refractivity contribution is -0.193. The van der Waals surface area contributed by atoms with Crippen LogP contribution in [0.1, 0.15) is 36.8 Å². The van der Waals surface area contributed by atoms with E-state index < -0.39 is 72.0 Å². The first-order chi connectivity index (χ1) is 30.8. The summed E-state index contributed by atoms with van der Waals surface area (Å²) in [7, 11) is 0. The van der Waals surface area contributed by atoms with Gasteiger partial charge in [-0.05, 0) is 66.1 Å². The number of fused-ring (bicyclic) bond motifs is 1. The number of alkyl halides is 6. The van der Waals surface area contributed by atoms with Gasteiger partial charge < -0.3 is 59.5 Å². The minimum absolute atomic E-state index is 0.0410. The Morgan fingerprint density at radius 2 is 1.15 bits per heavy atom. The number of carbonyl (C=O) groups is 6. The maximum Gasteiger partial charge on any atom is 0.490 e. The van der Waals surface area contributed by atoms with Crippen LogP contribution in [-0.4, -0.2) is 113 Å². The maximum absolute atomic E-state index is 13.9. The van der Waals surface area contributed by atoms with Gasteiger partial charge in [0, 0.05) is 25.6 Å². The van der Waals surface area contributed by atoms with E-state index >= 15 is 0 Å². The van der Waals surface area contributed by atoms with E-state index in [0.717, 1.165) is 16.3 Å². The molecule has 3 aromatic carbocycles. The van der Waals surface area contributed by atoms with Crippen LogP contribution < -0.4 is 44.2 Å². The molecule has 1 aliphatic heterocycles. The molecule has 15 N–H and O–H groups in total. The summed E-state index contributed by atoms with van der Waals surface area (Å²) >= 11 is 0. The average Bonchev–Trinajstić information content (AvgIpc) is 3.23. The lowest BCUT2D eigenvalue weighted by Gasteiger charge is -2.25. The average molecular weight is 941 g/mol. The minimum Gasteiger partial charge on any atom is -0.508 e. The molecule has 0 saturated carbocycles. The summed E-state index contributed by atoms with van der Waals surface area (Å²) in [5.41, 5.74) is 23.5. The third kappa shape index (κ3) is 21.2. The number of carboxylic acid groups (broad SMARTS) is 2. The van der Waals surface area contributed by atoms with E-state index in [-0.39, 0.29) is 43.6 Å². The highest BCUT2D eigenvalue weighted by Gasteiger charge is 2.39. The number of nitrogens with zero attached hydrogens (tertiary/aromatic N) is 2. The zero-order valence-electron chi connectivity index (χ0n) is 34.9. The molecule has 66 heavy (non-hydrogen) atoms. The van der Waals surface area contributed by atoms with Crippen molar-refractivity contribution in [3.63, 3.8) is 0 Å². The third-order valence-corrected chi connectivity index (χ3v) is 8.99. The van der Waals surface area contributed by atoms with E-state index in [1.165, 1.54) is 12.1 Å². The van der Waals surface area contributed by atoms with Crippen molar-refractivity contribution in [1.29, 1.82) is 0 Å². The molecule has 0 radical (unpaired) electrons. The van der Waals surface area contributed by atoms with Crippen molar-refractivity contribution in [3.8, 4) is 5.75 Å². The van der Waals surface area contributed by atoms with E-state index in [9.17, 15) is 50.6 Å². The molecule has 19 nitrogen and oxygen atoms in total. The Hall–Kier alpha value is -7.60. The van der Waals surface area contributed by atoms with Gasteiger partial charge in [0.15, 0.2) is 11.9 Å². The maximum atomic E-state index is 13.9. The first-order valence-corrected chi connectivity index (χ1v) is 19.7. The van der Waals surface area contributed by atoms with Crippen LogP contribution in [0.2, 0.25) is 0 Å². The number of rotatable bonds is 12. The SMILES string of the molecule is NC(N)=NCCC[C@H]1/C=C/[C@H](Cc2ccc3ccccc3c2)C(=O)NCC(=O)N[C@H](Cc2ccc(O)cc2)C(=O)N[C@@H](CCCN=C(N)N)C(=O)N1.O=C(O)C(F)(F)F.O=C(O)C(F)(F)F. The molecule has 4 amide bonds. The number of hydrogen-bond acceptors (Lipinski definition) is 9. The first-order valence-electron chi connectivity index (χ1n) is 19.7. The highest BCUT2D eigenvalue weighted by Crippen LogP contribution is 2.20. The van der Waals surface area contributed by atoms with Gasteiger partial charge in [0.1, 0.15) is 17.8 Å². The van der Waals surface area contributed by atoms with Gasteiger partial charge in [-0.15, -0.1) is 0 Å². The summed E-state index contributed by atoms with van der Waals surface area (Å²) in [6.45, 7) is 0.151. The van der Waals surface area contributed by atoms with Gasteiger partial charge >= 0.3 is 24.3 Å². The van der Waals surface area contributed by atoms with Crippen molar-refractivity contribution in [1.82, 2.24) is 21.3 Å². The van der Waals surface area contributed by atoms with E-state index in [1.54, 1.807) is 24.3 Å². The first kappa shape index (κ1) is 54.5. The zero-order valence-corrected chi connectivity index (χ0v) is 34.9. The monoisotopic (exact) mass is 940 g/mol. The number of benzene rings is 3. The van der Waals surface area contributed by atoms with Crippen molar-refractivity contribution in [3.05, 3.63) is 90.0 Å². The summed E-state index contributed by atoms with van der Waals surface area (Å²) in [5.74, 6) is -8.42. The van der Waals surface area contributed by atoms with Crippen LogP contribution in [0.5, 0.6) is 5.75 Å². The zero-order chi connectivity index (χ0) is 49.6. The fourth-order valence-electron chi connectivity index (χ4n) is 5.82. The van der Waals surface area contributed by atoms with Crippen LogP contribution in [0.3, 0.4) is 0 Å². The van der Waals surface area contributed by atoms with Crippen LogP contribution in [0, 0.1) is 5.92 Å². The molecule has 0 aliphatic carbocycles. The van der Waals surface area contributed by atoms with Gasteiger partial charge in [0.25, 0.3) is 0 Å². The molecule has 25 heteroatoms. The quantitative estimate of drug-likeness (QED) is 0.0403. The highest BCUT2D eigenvalue weighted by molar-refractivity contribution is 5.94. The number of amides is 4. The molecule has 0 unspecified atom stereocenters. The van der Waals surface area contributed by atoms with Crippen molar-refractivity contribution in [2.45, 2.75) is 69.0 Å². The van der Waals surface area contributed by atoms with Gasteiger partial charge in [-0.2, -0.15) is 26.3 Å². The van der Waals surface area contributed by atoms with Crippen LogP contribution in [0.15, 0.2) is 88.9 Å². The lowest BCUT2D eigenvalue weighted by atomic mass is 9.95. The Morgan fingerprint density at radius 3 is 1.70 bits per heavy atom. The Labute approximate surface area is 372 Å². The number of carboxylic acids is 2. The van der Waals surface area contributed by atoms with E-state index in [1.807, 2.05) is 42.5 Å². The fraction of sp³-hybridized carbons (Fsp3) is 0.366. The number of halogens is 6. The Balaban J connectivity index is 0.000000923. The number of aromatic hydroxyl groups is 1. The Bertz CT molecular complexity index is 2190. The minimum atomic E-state index is -5.08. The third-order valence-electron chi connectivity index (χ3n) is 8.99. The van der Waals surface area contributed by atoms with Crippen LogP contribution in [0.4, 0.5) is 26.3 Å². The molecule has 4 rings (SSSR count). The smallest absolute Gasteiger partial charge is 0.490 e. The lowest BCUT2D eigenvalue weighted by Crippen LogP contribution is -2.56. The molecule has 3 aromatic rings. The summed E-state index contributed by atoms with van der Waals surface area (Å²) in [6, 6.07) is 17.4. The van der Waals surface area contributed by atoms with Gasteiger partial charge in [0.2, 0.25) is 23.6 Å². The molecule has 0 spiro atoms. The second-order valence-corrected chi connectivity index (χ2v) is 14.3. The second kappa shape index (κ2) is 26.3. The molecular formula is C41H50F6N10O9. The molecule has 4 atom stereocenters. The predicted molar refractivity (Wildman–Crippen MR) is 228 cm³/mol. The number of guanidine groups is 2. The highest BCUT2D eigenvalue weighted by atomic mass is 19.4. The largest absolute Gasteiger partial charge is 0.508 e. The number of carbonyl (C=O) groups excluding carboxylic acids is 4. The van der Waals surface area contributed by atoms with Crippen molar-refractivity contribution < 1.29 is 70.4 Å². The molecular weight excluding hydrogens is 891 g/mol. The Morgan fingerprint density at radius 1 is 0.636 bits per heavy atom. The topological polar surface area (TPSA) is 340 Å². The molecule has 0 aromatic heterocycles.